The first-order chi connectivity index (χ1) is 6.65. The van der Waals surface area contributed by atoms with Gasteiger partial charge in [0.15, 0.2) is 5.71 Å². The number of hydrogen-bond donors (Lipinski definition) is 4. The third kappa shape index (κ3) is 2.38. The molecule has 0 aromatic rings. The molecule has 76 valence electrons. The van der Waals surface area contributed by atoms with Crippen molar-refractivity contribution in [1.82, 2.24) is 10.8 Å². The lowest BCUT2D eigenvalue weighted by Gasteiger charge is -2.14. The number of nitrogens with one attached hydrogen (secondary N) is 3. The summed E-state index contributed by atoms with van der Waals surface area (Å²) >= 11 is 0. The summed E-state index contributed by atoms with van der Waals surface area (Å²) in [5, 5.41) is 17.5. The largest absolute Gasteiger partial charge is 0.395 e. The molecular weight excluding hydrogens is 190 g/mol. The summed E-state index contributed by atoms with van der Waals surface area (Å²) in [6, 6.07) is 0. The zero-order valence-corrected chi connectivity index (χ0v) is 7.16. The van der Waals surface area contributed by atoms with Gasteiger partial charge in [0.2, 0.25) is 11.7 Å². The molecule has 0 aromatic carbocycles. The lowest BCUT2D eigenvalue weighted by atomic mass is 10.2. The molecule has 4 N–H and O–H groups in total. The van der Waals surface area contributed by atoms with Crippen molar-refractivity contribution < 1.29 is 19.5 Å². The number of allylic oxidation sites excluding steroid dienone is 1. The molecule has 7 heteroatoms. The van der Waals surface area contributed by atoms with Crippen LogP contribution in [0.1, 0.15) is 0 Å². The van der Waals surface area contributed by atoms with Gasteiger partial charge in [0.25, 0.3) is 5.91 Å². The number of rotatable bonds is 4. The smallest absolute Gasteiger partial charge is 0.279 e. The summed E-state index contributed by atoms with van der Waals surface area (Å²) in [4.78, 5) is 26.5. The average Bonchev–Trinajstić information content (AvgIpc) is 2.14. The summed E-state index contributed by atoms with van der Waals surface area (Å²) in [5.74, 6) is -1.60. The average molecular weight is 199 g/mol. The van der Waals surface area contributed by atoms with Crippen LogP contribution in [0.15, 0.2) is 12.0 Å². The molecule has 0 radical (unpaired) electrons. The molecular formula is C7H9N3O4. The van der Waals surface area contributed by atoms with Crippen LogP contribution in [0.5, 0.6) is 0 Å². The number of aliphatic hydroxyl groups is 1. The third-order valence-electron chi connectivity index (χ3n) is 1.37. The molecule has 0 saturated carbocycles. The summed E-state index contributed by atoms with van der Waals surface area (Å²) in [6.07, 6.45) is 0.980. The number of carbonyl (C=O) groups excluding carboxylic acids is 2. The van der Waals surface area contributed by atoms with E-state index in [0.717, 1.165) is 6.08 Å². The topological polar surface area (TPSA) is 112 Å². The molecule has 0 spiro atoms. The van der Waals surface area contributed by atoms with Crippen molar-refractivity contribution in [2.24, 2.45) is 0 Å². The molecule has 0 atom stereocenters. The van der Waals surface area contributed by atoms with Crippen LogP contribution in [-0.2, 0) is 14.4 Å². The summed E-state index contributed by atoms with van der Waals surface area (Å²) < 4.78 is 0. The molecule has 1 heterocycles. The van der Waals surface area contributed by atoms with E-state index in [1.54, 1.807) is 0 Å². The van der Waals surface area contributed by atoms with E-state index >= 15 is 0 Å². The fourth-order valence-corrected chi connectivity index (χ4v) is 0.743. The second-order valence-corrected chi connectivity index (χ2v) is 2.42. The molecule has 14 heavy (non-hydrogen) atoms. The fraction of sp³-hybridized carbons (Fsp3) is 0.286. The third-order valence-corrected chi connectivity index (χ3v) is 1.37. The van der Waals surface area contributed by atoms with Crippen molar-refractivity contribution in [2.75, 3.05) is 13.2 Å². The molecule has 1 amide bonds. The molecule has 0 unspecified atom stereocenters. The van der Waals surface area contributed by atoms with Crippen molar-refractivity contribution in [3.05, 3.63) is 12.0 Å². The van der Waals surface area contributed by atoms with Crippen molar-refractivity contribution in [3.8, 4) is 0 Å². The predicted molar refractivity (Wildman–Crippen MR) is 45.1 cm³/mol. The highest BCUT2D eigenvalue weighted by molar-refractivity contribution is 6.67. The van der Waals surface area contributed by atoms with E-state index in [1.165, 1.54) is 0 Å². The zero-order chi connectivity index (χ0) is 10.6. The monoisotopic (exact) mass is 199 g/mol. The molecule has 0 bridgehead atoms. The van der Waals surface area contributed by atoms with E-state index in [-0.39, 0.29) is 19.0 Å². The van der Waals surface area contributed by atoms with Gasteiger partial charge in [-0.05, 0) is 0 Å². The Morgan fingerprint density at radius 3 is 2.86 bits per heavy atom. The van der Waals surface area contributed by atoms with Crippen molar-refractivity contribution in [2.45, 2.75) is 0 Å². The van der Waals surface area contributed by atoms with Gasteiger partial charge in [0, 0.05) is 0 Å². The Kier molecular flexibility index (Phi) is 3.32. The highest BCUT2D eigenvalue weighted by atomic mass is 16.7. The lowest BCUT2D eigenvalue weighted by molar-refractivity contribution is -0.118. The number of aliphatic hydroxyl groups excluding tert-OH is 1. The maximum Gasteiger partial charge on any atom is 0.279 e. The van der Waals surface area contributed by atoms with Gasteiger partial charge in [-0.3, -0.25) is 20.3 Å². The highest BCUT2D eigenvalue weighted by Gasteiger charge is 2.24. The number of hydroxylamine groups is 1. The number of hydrogen-bond acceptors (Lipinski definition) is 6. The Bertz CT molecular complexity index is 310. The summed E-state index contributed by atoms with van der Waals surface area (Å²) in [6.45, 7) is 0.0316. The van der Waals surface area contributed by atoms with E-state index in [2.05, 4.69) is 10.8 Å². The Balaban J connectivity index is 2.54. The number of amides is 1. The first kappa shape index (κ1) is 10.4. The van der Waals surface area contributed by atoms with Crippen LogP contribution < -0.4 is 10.8 Å². The van der Waals surface area contributed by atoms with Gasteiger partial charge in [-0.15, -0.1) is 0 Å². The lowest BCUT2D eigenvalue weighted by Crippen LogP contribution is -2.41. The van der Waals surface area contributed by atoms with Crippen LogP contribution in [0.25, 0.3) is 0 Å². The molecule has 0 fully saturated rings. The number of carbonyl (C=O) groups is 2. The second kappa shape index (κ2) is 4.49. The van der Waals surface area contributed by atoms with Crippen LogP contribution in [0, 0.1) is 5.41 Å². The maximum atomic E-state index is 10.9. The van der Waals surface area contributed by atoms with Gasteiger partial charge in [0.1, 0.15) is 0 Å². The summed E-state index contributed by atoms with van der Waals surface area (Å²) in [7, 11) is 0. The fourth-order valence-electron chi connectivity index (χ4n) is 0.743. The quantitative estimate of drug-likeness (QED) is 0.311. The first-order valence-electron chi connectivity index (χ1n) is 3.81. The van der Waals surface area contributed by atoms with Gasteiger partial charge in [0.05, 0.1) is 19.2 Å². The van der Waals surface area contributed by atoms with Crippen molar-refractivity contribution in [1.29, 1.82) is 5.41 Å². The van der Waals surface area contributed by atoms with Crippen LogP contribution in [0.3, 0.4) is 0 Å². The van der Waals surface area contributed by atoms with E-state index < -0.39 is 17.4 Å². The van der Waals surface area contributed by atoms with Gasteiger partial charge < -0.3 is 9.94 Å². The molecule has 1 aliphatic heterocycles. The SMILES string of the molecule is N=C1C(=O)C=C(ONCCO)NC1=O. The minimum Gasteiger partial charge on any atom is -0.395 e. The van der Waals surface area contributed by atoms with Gasteiger partial charge in [-0.2, -0.15) is 5.48 Å². The normalized spacial score (nSPS) is 16.4. The van der Waals surface area contributed by atoms with E-state index in [4.69, 9.17) is 15.4 Å². The van der Waals surface area contributed by atoms with Gasteiger partial charge in [-0.25, -0.2) is 0 Å². The van der Waals surface area contributed by atoms with Crippen LogP contribution in [0.2, 0.25) is 0 Å². The number of ketones is 1. The van der Waals surface area contributed by atoms with Gasteiger partial charge >= 0.3 is 0 Å². The van der Waals surface area contributed by atoms with E-state index in [9.17, 15) is 9.59 Å². The Morgan fingerprint density at radius 1 is 1.57 bits per heavy atom. The molecule has 1 rings (SSSR count). The minimum absolute atomic E-state index is 0.0792. The standard InChI is InChI=1S/C7H9N3O4/c8-6-4(12)3-5(10-7(6)13)14-9-1-2-11/h3,8-9,11H,1-2H2,(H,10,13). The predicted octanol–water partition coefficient (Wildman–Crippen LogP) is -1.94. The molecule has 0 saturated heterocycles. The molecule has 0 aliphatic carbocycles. The van der Waals surface area contributed by atoms with Crippen LogP contribution >= 0.6 is 0 Å². The van der Waals surface area contributed by atoms with Crippen molar-refractivity contribution in [3.63, 3.8) is 0 Å². The highest BCUT2D eigenvalue weighted by Crippen LogP contribution is 1.98. The van der Waals surface area contributed by atoms with Gasteiger partial charge in [-0.1, -0.05) is 0 Å². The first-order valence-corrected chi connectivity index (χ1v) is 3.81. The minimum atomic E-state index is -0.807. The van der Waals surface area contributed by atoms with Crippen LogP contribution in [0.4, 0.5) is 0 Å². The van der Waals surface area contributed by atoms with E-state index in [1.807, 2.05) is 0 Å². The maximum absolute atomic E-state index is 10.9. The molecule has 0 aromatic heterocycles. The summed E-state index contributed by atoms with van der Waals surface area (Å²) in [5.41, 5.74) is 1.68. The Labute approximate surface area is 79.2 Å². The van der Waals surface area contributed by atoms with Crippen LogP contribution in [-0.4, -0.2) is 35.7 Å². The molecule has 7 nitrogen and oxygen atoms in total. The Morgan fingerprint density at radius 2 is 2.29 bits per heavy atom. The van der Waals surface area contributed by atoms with Crippen molar-refractivity contribution >= 4 is 17.4 Å². The second-order valence-electron chi connectivity index (χ2n) is 2.42. The van der Waals surface area contributed by atoms with E-state index in [0.29, 0.717) is 0 Å². The Hall–Kier alpha value is -1.73. The molecule has 1 aliphatic rings. The zero-order valence-electron chi connectivity index (χ0n) is 7.16.